The van der Waals surface area contributed by atoms with Gasteiger partial charge < -0.3 is 20.5 Å². The van der Waals surface area contributed by atoms with Crippen molar-refractivity contribution < 1.29 is 19.4 Å². The monoisotopic (exact) mass is 258 g/mol. The highest BCUT2D eigenvalue weighted by Gasteiger charge is 2.38. The molecule has 1 fully saturated rings. The predicted octanol–water partition coefficient (Wildman–Crippen LogP) is 1.11. The molecule has 0 spiro atoms. The maximum absolute atomic E-state index is 11.7. The molecule has 0 radical (unpaired) electrons. The Kier molecular flexibility index (Phi) is 4.56. The van der Waals surface area contributed by atoms with Gasteiger partial charge in [0.1, 0.15) is 5.54 Å². The fourth-order valence-electron chi connectivity index (χ4n) is 1.85. The van der Waals surface area contributed by atoms with Gasteiger partial charge in [0, 0.05) is 13.7 Å². The van der Waals surface area contributed by atoms with E-state index in [0.717, 1.165) is 19.3 Å². The third kappa shape index (κ3) is 3.13. The number of nitrogens with one attached hydrogen (secondary N) is 2. The molecular formula is C12H22N2O4. The van der Waals surface area contributed by atoms with Gasteiger partial charge in [-0.05, 0) is 32.6 Å². The van der Waals surface area contributed by atoms with E-state index in [1.165, 1.54) is 6.92 Å². The number of ether oxygens (including phenoxy) is 1. The molecule has 1 unspecified atom stereocenters. The van der Waals surface area contributed by atoms with Crippen molar-refractivity contribution in [2.24, 2.45) is 0 Å². The van der Waals surface area contributed by atoms with Crippen LogP contribution in [0.2, 0.25) is 0 Å². The van der Waals surface area contributed by atoms with Crippen LogP contribution in [0.3, 0.4) is 0 Å². The molecule has 6 nitrogen and oxygen atoms in total. The van der Waals surface area contributed by atoms with Gasteiger partial charge in [-0.2, -0.15) is 0 Å². The van der Waals surface area contributed by atoms with Gasteiger partial charge >= 0.3 is 12.0 Å². The number of carbonyl (C=O) groups is 2. The van der Waals surface area contributed by atoms with Crippen molar-refractivity contribution in [3.05, 3.63) is 0 Å². The standard InChI is InChI=1S/C12H22N2O4/c1-4-11(2,9(15)16)14-10(17)13-8-12(18-3)6-5-7-12/h4-8H2,1-3H3,(H,15,16)(H2,13,14,17). The zero-order valence-electron chi connectivity index (χ0n) is 11.2. The maximum Gasteiger partial charge on any atom is 0.329 e. The number of aliphatic carboxylic acids is 1. The molecule has 1 rings (SSSR count). The van der Waals surface area contributed by atoms with E-state index in [9.17, 15) is 9.59 Å². The minimum atomic E-state index is -1.23. The Bertz CT molecular complexity index is 323. The summed E-state index contributed by atoms with van der Waals surface area (Å²) < 4.78 is 5.37. The van der Waals surface area contributed by atoms with Crippen molar-refractivity contribution in [3.8, 4) is 0 Å². The van der Waals surface area contributed by atoms with Crippen molar-refractivity contribution in [1.82, 2.24) is 10.6 Å². The van der Waals surface area contributed by atoms with E-state index in [1.807, 2.05) is 0 Å². The summed E-state index contributed by atoms with van der Waals surface area (Å²) in [6.45, 7) is 3.62. The SMILES string of the molecule is CCC(C)(NC(=O)NCC1(OC)CCC1)C(=O)O. The number of methoxy groups -OCH3 is 1. The van der Waals surface area contributed by atoms with E-state index in [-0.39, 0.29) is 5.60 Å². The lowest BCUT2D eigenvalue weighted by Gasteiger charge is -2.40. The molecule has 0 heterocycles. The second kappa shape index (κ2) is 5.56. The second-order valence-corrected chi connectivity index (χ2v) is 5.04. The van der Waals surface area contributed by atoms with Crippen LogP contribution >= 0.6 is 0 Å². The Morgan fingerprint density at radius 1 is 1.44 bits per heavy atom. The third-order valence-corrected chi connectivity index (χ3v) is 3.84. The number of hydrogen-bond donors (Lipinski definition) is 3. The first-order chi connectivity index (χ1) is 8.37. The summed E-state index contributed by atoms with van der Waals surface area (Å²) in [6.07, 6.45) is 3.27. The Morgan fingerprint density at radius 2 is 2.06 bits per heavy atom. The molecule has 3 N–H and O–H groups in total. The van der Waals surface area contributed by atoms with Crippen LogP contribution in [0.1, 0.15) is 39.5 Å². The number of amides is 2. The minimum Gasteiger partial charge on any atom is -0.480 e. The van der Waals surface area contributed by atoms with E-state index in [1.54, 1.807) is 14.0 Å². The average molecular weight is 258 g/mol. The van der Waals surface area contributed by atoms with Crippen molar-refractivity contribution in [3.63, 3.8) is 0 Å². The summed E-state index contributed by atoms with van der Waals surface area (Å²) in [4.78, 5) is 22.7. The first-order valence-corrected chi connectivity index (χ1v) is 6.22. The van der Waals surface area contributed by atoms with Crippen LogP contribution in [-0.4, -0.2) is 41.9 Å². The predicted molar refractivity (Wildman–Crippen MR) is 66.5 cm³/mol. The average Bonchev–Trinajstić information content (AvgIpc) is 2.27. The molecular weight excluding hydrogens is 236 g/mol. The molecule has 18 heavy (non-hydrogen) atoms. The van der Waals surface area contributed by atoms with Crippen molar-refractivity contribution in [2.75, 3.05) is 13.7 Å². The van der Waals surface area contributed by atoms with Crippen LogP contribution in [-0.2, 0) is 9.53 Å². The van der Waals surface area contributed by atoms with Gasteiger partial charge in [0.25, 0.3) is 0 Å². The van der Waals surface area contributed by atoms with Gasteiger partial charge in [-0.1, -0.05) is 6.92 Å². The van der Waals surface area contributed by atoms with Crippen molar-refractivity contribution >= 4 is 12.0 Å². The first kappa shape index (κ1) is 14.8. The molecule has 104 valence electrons. The van der Waals surface area contributed by atoms with Gasteiger partial charge in [0.15, 0.2) is 0 Å². The minimum absolute atomic E-state index is 0.261. The maximum atomic E-state index is 11.7. The zero-order valence-corrected chi connectivity index (χ0v) is 11.2. The van der Waals surface area contributed by atoms with Crippen LogP contribution in [0.15, 0.2) is 0 Å². The Balaban J connectivity index is 2.44. The molecule has 1 aliphatic rings. The van der Waals surface area contributed by atoms with Crippen molar-refractivity contribution in [1.29, 1.82) is 0 Å². The molecule has 1 atom stereocenters. The third-order valence-electron chi connectivity index (χ3n) is 3.84. The van der Waals surface area contributed by atoms with Gasteiger partial charge in [-0.3, -0.25) is 0 Å². The van der Waals surface area contributed by atoms with E-state index in [2.05, 4.69) is 10.6 Å². The summed E-state index contributed by atoms with van der Waals surface area (Å²) in [5.74, 6) is -1.04. The van der Waals surface area contributed by atoms with Crippen LogP contribution in [0.5, 0.6) is 0 Å². The van der Waals surface area contributed by atoms with Crippen LogP contribution < -0.4 is 10.6 Å². The Hall–Kier alpha value is -1.30. The molecule has 2 amide bonds. The fourth-order valence-corrected chi connectivity index (χ4v) is 1.85. The van der Waals surface area contributed by atoms with Crippen LogP contribution in [0.25, 0.3) is 0 Å². The summed E-state index contributed by atoms with van der Waals surface area (Å²) in [7, 11) is 1.63. The number of carbonyl (C=O) groups excluding carboxylic acids is 1. The van der Waals surface area contributed by atoms with E-state index >= 15 is 0 Å². The molecule has 0 aromatic carbocycles. The highest BCUT2D eigenvalue weighted by Crippen LogP contribution is 2.34. The summed E-state index contributed by atoms with van der Waals surface area (Å²) in [5.41, 5.74) is -1.49. The quantitative estimate of drug-likeness (QED) is 0.666. The summed E-state index contributed by atoms with van der Waals surface area (Å²) in [5, 5.41) is 14.2. The van der Waals surface area contributed by atoms with Crippen molar-refractivity contribution in [2.45, 2.75) is 50.7 Å². The molecule has 0 aromatic rings. The summed E-state index contributed by atoms with van der Waals surface area (Å²) >= 11 is 0. The normalized spacial score (nSPS) is 20.4. The van der Waals surface area contributed by atoms with Crippen LogP contribution in [0, 0.1) is 0 Å². The number of carboxylic acid groups (broad SMARTS) is 1. The molecule has 0 aliphatic heterocycles. The smallest absolute Gasteiger partial charge is 0.329 e. The molecule has 0 aromatic heterocycles. The lowest BCUT2D eigenvalue weighted by molar-refractivity contribution is -0.143. The molecule has 1 saturated carbocycles. The first-order valence-electron chi connectivity index (χ1n) is 6.22. The van der Waals surface area contributed by atoms with Gasteiger partial charge in [0.2, 0.25) is 0 Å². The molecule has 6 heteroatoms. The Morgan fingerprint density at radius 3 is 2.39 bits per heavy atom. The highest BCUT2D eigenvalue weighted by atomic mass is 16.5. The lowest BCUT2D eigenvalue weighted by atomic mass is 9.80. The molecule has 0 saturated heterocycles. The number of carboxylic acids is 1. The number of urea groups is 1. The topological polar surface area (TPSA) is 87.7 Å². The van der Waals surface area contributed by atoms with Crippen LogP contribution in [0.4, 0.5) is 4.79 Å². The van der Waals surface area contributed by atoms with Gasteiger partial charge in [0.05, 0.1) is 5.60 Å². The van der Waals surface area contributed by atoms with E-state index in [0.29, 0.717) is 13.0 Å². The van der Waals surface area contributed by atoms with Gasteiger partial charge in [-0.15, -0.1) is 0 Å². The fraction of sp³-hybridized carbons (Fsp3) is 0.833. The zero-order chi connectivity index (χ0) is 13.8. The highest BCUT2D eigenvalue weighted by molar-refractivity contribution is 5.85. The largest absolute Gasteiger partial charge is 0.480 e. The lowest BCUT2D eigenvalue weighted by Crippen LogP contribution is -2.57. The second-order valence-electron chi connectivity index (χ2n) is 5.04. The van der Waals surface area contributed by atoms with Gasteiger partial charge in [-0.25, -0.2) is 9.59 Å². The Labute approximate surface area is 107 Å². The number of hydrogen-bond acceptors (Lipinski definition) is 3. The summed E-state index contributed by atoms with van der Waals surface area (Å²) in [6, 6.07) is -0.468. The molecule has 0 bridgehead atoms. The molecule has 1 aliphatic carbocycles. The van der Waals surface area contributed by atoms with E-state index < -0.39 is 17.5 Å². The number of rotatable bonds is 6. The van der Waals surface area contributed by atoms with E-state index in [4.69, 9.17) is 9.84 Å².